The molecule has 2 aliphatic carbocycles. The molecule has 53 heavy (non-hydrogen) atoms. The van der Waals surface area contributed by atoms with Gasteiger partial charge in [0.25, 0.3) is 0 Å². The van der Waals surface area contributed by atoms with Crippen molar-refractivity contribution in [3.8, 4) is 44.6 Å². The molecule has 1 aromatic heterocycles. The molecule has 0 fully saturated rings. The van der Waals surface area contributed by atoms with E-state index in [4.69, 9.17) is 4.98 Å². The van der Waals surface area contributed by atoms with Crippen molar-refractivity contribution in [2.24, 2.45) is 0 Å². The summed E-state index contributed by atoms with van der Waals surface area (Å²) in [6.07, 6.45) is 2.04. The Morgan fingerprint density at radius 2 is 1.04 bits per heavy atom. The van der Waals surface area contributed by atoms with Crippen molar-refractivity contribution in [3.63, 3.8) is 0 Å². The summed E-state index contributed by atoms with van der Waals surface area (Å²) in [4.78, 5) is 7.50. The molecule has 254 valence electrons. The van der Waals surface area contributed by atoms with Crippen LogP contribution in [0, 0.1) is 0 Å². The quantitative estimate of drug-likeness (QED) is 0.180. The monoisotopic (exact) mass is 680 g/mol. The maximum atomic E-state index is 5.15. The topological polar surface area (TPSA) is 16.1 Å². The van der Waals surface area contributed by atoms with Crippen molar-refractivity contribution in [2.75, 3.05) is 4.90 Å². The number of aromatic nitrogens is 1. The average molecular weight is 681 g/mol. The van der Waals surface area contributed by atoms with Gasteiger partial charge in [-0.05, 0) is 109 Å². The fourth-order valence-electron chi connectivity index (χ4n) is 9.07. The van der Waals surface area contributed by atoms with Crippen molar-refractivity contribution >= 4 is 27.8 Å². The zero-order valence-electron chi connectivity index (χ0n) is 30.6. The van der Waals surface area contributed by atoms with E-state index in [9.17, 15) is 0 Å². The molecule has 0 spiro atoms. The fraction of sp³-hybridized carbons (Fsp3) is 0.118. The number of pyridine rings is 1. The van der Waals surface area contributed by atoms with E-state index >= 15 is 0 Å². The van der Waals surface area contributed by atoms with Crippen LogP contribution in [0.3, 0.4) is 0 Å². The first-order valence-corrected chi connectivity index (χ1v) is 18.6. The van der Waals surface area contributed by atoms with Crippen LogP contribution in [0.15, 0.2) is 170 Å². The zero-order valence-corrected chi connectivity index (χ0v) is 30.6. The number of benzene rings is 7. The third-order valence-electron chi connectivity index (χ3n) is 11.9. The Bertz CT molecular complexity index is 2700. The molecule has 2 aliphatic rings. The number of rotatable bonds is 5. The summed E-state index contributed by atoms with van der Waals surface area (Å²) in [5.41, 5.74) is 18.4. The van der Waals surface area contributed by atoms with Crippen molar-refractivity contribution < 1.29 is 0 Å². The number of fused-ring (bicyclic) bond motifs is 8. The molecule has 0 bridgehead atoms. The number of hydrogen-bond donors (Lipinski definition) is 0. The molecule has 0 unspecified atom stereocenters. The van der Waals surface area contributed by atoms with Crippen LogP contribution in [0.2, 0.25) is 0 Å². The molecule has 8 aromatic rings. The predicted molar refractivity (Wildman–Crippen MR) is 222 cm³/mol. The van der Waals surface area contributed by atoms with E-state index in [1.54, 1.807) is 0 Å². The SMILES string of the molecule is CC1(C)c2ccccc2-c2ccc(N(c3ccc(-c4ccccc4)cc3)c3ccc(-c4ccc5c(c4)C(C)(C)c4ccc6ccccc6c4-5)nc3)cc21. The van der Waals surface area contributed by atoms with E-state index in [0.717, 1.165) is 28.3 Å². The molecule has 0 saturated heterocycles. The van der Waals surface area contributed by atoms with E-state index in [0.29, 0.717) is 0 Å². The van der Waals surface area contributed by atoms with Crippen molar-refractivity contribution in [1.29, 1.82) is 0 Å². The minimum Gasteiger partial charge on any atom is -0.309 e. The summed E-state index contributed by atoms with van der Waals surface area (Å²) in [6.45, 7) is 9.39. The molecule has 0 atom stereocenters. The van der Waals surface area contributed by atoms with Gasteiger partial charge in [0, 0.05) is 27.8 Å². The smallest absolute Gasteiger partial charge is 0.0703 e. The number of anilines is 3. The van der Waals surface area contributed by atoms with E-state index in [1.807, 2.05) is 6.20 Å². The first-order valence-electron chi connectivity index (χ1n) is 18.6. The average Bonchev–Trinajstić information content (AvgIpc) is 3.58. The van der Waals surface area contributed by atoms with Gasteiger partial charge in [0.1, 0.15) is 0 Å². The van der Waals surface area contributed by atoms with E-state index < -0.39 is 0 Å². The summed E-state index contributed by atoms with van der Waals surface area (Å²) in [7, 11) is 0. The summed E-state index contributed by atoms with van der Waals surface area (Å²) in [5.74, 6) is 0. The predicted octanol–water partition coefficient (Wildman–Crippen LogP) is 13.7. The van der Waals surface area contributed by atoms with Crippen LogP contribution in [0.25, 0.3) is 55.4 Å². The van der Waals surface area contributed by atoms with Gasteiger partial charge in [-0.15, -0.1) is 0 Å². The highest BCUT2D eigenvalue weighted by Crippen LogP contribution is 2.53. The second-order valence-corrected chi connectivity index (χ2v) is 15.6. The molecule has 7 aromatic carbocycles. The Hall–Kier alpha value is -6.25. The maximum Gasteiger partial charge on any atom is 0.0703 e. The van der Waals surface area contributed by atoms with Crippen molar-refractivity contribution in [3.05, 3.63) is 192 Å². The second kappa shape index (κ2) is 11.6. The minimum absolute atomic E-state index is 0.0971. The molecule has 0 aliphatic heterocycles. The van der Waals surface area contributed by atoms with E-state index in [2.05, 4.69) is 196 Å². The van der Waals surface area contributed by atoms with Crippen LogP contribution < -0.4 is 4.90 Å². The standard InChI is InChI=1S/C51H40N2/c1-50(2)44-17-11-10-16-41(44)42-27-24-38(31-47(42)50)53(37-22-18-34(19-23-37)33-12-6-5-7-13-33)39-25-29-48(52-32-39)36-20-26-43-46(30-36)51(3,4)45-28-21-35-14-8-9-15-40(35)49(43)45/h5-32H,1-4H3. The van der Waals surface area contributed by atoms with Gasteiger partial charge in [-0.1, -0.05) is 149 Å². The first-order chi connectivity index (χ1) is 25.8. The maximum absolute atomic E-state index is 5.15. The van der Waals surface area contributed by atoms with Crippen LogP contribution in [-0.2, 0) is 10.8 Å². The normalized spacial score (nSPS) is 14.3. The second-order valence-electron chi connectivity index (χ2n) is 15.6. The van der Waals surface area contributed by atoms with E-state index in [-0.39, 0.29) is 10.8 Å². The van der Waals surface area contributed by atoms with Crippen LogP contribution in [-0.4, -0.2) is 4.98 Å². The Kier molecular flexibility index (Phi) is 6.91. The van der Waals surface area contributed by atoms with E-state index in [1.165, 1.54) is 66.4 Å². The summed E-state index contributed by atoms with van der Waals surface area (Å²) >= 11 is 0. The largest absolute Gasteiger partial charge is 0.309 e. The highest BCUT2D eigenvalue weighted by molar-refractivity contribution is 6.02. The van der Waals surface area contributed by atoms with Gasteiger partial charge in [0.15, 0.2) is 0 Å². The molecular weight excluding hydrogens is 641 g/mol. The van der Waals surface area contributed by atoms with Gasteiger partial charge in [-0.2, -0.15) is 0 Å². The highest BCUT2D eigenvalue weighted by atomic mass is 15.1. The molecule has 1 heterocycles. The molecule has 2 heteroatoms. The van der Waals surface area contributed by atoms with Gasteiger partial charge in [0.2, 0.25) is 0 Å². The molecule has 0 amide bonds. The van der Waals surface area contributed by atoms with Gasteiger partial charge in [0.05, 0.1) is 17.6 Å². The Morgan fingerprint density at radius 1 is 0.415 bits per heavy atom. The van der Waals surface area contributed by atoms with Crippen LogP contribution >= 0.6 is 0 Å². The fourth-order valence-corrected chi connectivity index (χ4v) is 9.07. The number of nitrogens with zero attached hydrogens (tertiary/aromatic N) is 2. The lowest BCUT2D eigenvalue weighted by Crippen LogP contribution is -2.16. The molecule has 0 radical (unpaired) electrons. The van der Waals surface area contributed by atoms with Crippen LogP contribution in [0.4, 0.5) is 17.1 Å². The Labute approximate surface area is 312 Å². The van der Waals surface area contributed by atoms with Gasteiger partial charge >= 0.3 is 0 Å². The lowest BCUT2D eigenvalue weighted by molar-refractivity contribution is 0.660. The Balaban J connectivity index is 1.05. The highest BCUT2D eigenvalue weighted by Gasteiger charge is 2.37. The van der Waals surface area contributed by atoms with Gasteiger partial charge < -0.3 is 4.90 Å². The molecule has 10 rings (SSSR count). The third kappa shape index (κ3) is 4.82. The summed E-state index contributed by atoms with van der Waals surface area (Å²) in [5, 5.41) is 2.61. The zero-order chi connectivity index (χ0) is 35.9. The minimum atomic E-state index is -0.103. The van der Waals surface area contributed by atoms with Crippen LogP contribution in [0.5, 0.6) is 0 Å². The van der Waals surface area contributed by atoms with Gasteiger partial charge in [-0.3, -0.25) is 4.98 Å². The lowest BCUT2D eigenvalue weighted by Gasteiger charge is -2.28. The molecular formula is C51H40N2. The summed E-state index contributed by atoms with van der Waals surface area (Å²) in [6, 6.07) is 59.9. The van der Waals surface area contributed by atoms with Crippen molar-refractivity contribution in [2.45, 2.75) is 38.5 Å². The van der Waals surface area contributed by atoms with Crippen molar-refractivity contribution in [1.82, 2.24) is 4.98 Å². The first kappa shape index (κ1) is 31.5. The van der Waals surface area contributed by atoms with Gasteiger partial charge in [-0.25, -0.2) is 0 Å². The molecule has 0 saturated carbocycles. The lowest BCUT2D eigenvalue weighted by atomic mass is 9.81. The number of hydrogen-bond acceptors (Lipinski definition) is 2. The Morgan fingerprint density at radius 3 is 1.85 bits per heavy atom. The molecule has 0 N–H and O–H groups in total. The summed E-state index contributed by atoms with van der Waals surface area (Å²) < 4.78 is 0. The molecule has 2 nitrogen and oxygen atoms in total. The third-order valence-corrected chi connectivity index (χ3v) is 11.9. The van der Waals surface area contributed by atoms with Crippen LogP contribution in [0.1, 0.15) is 49.9 Å².